The van der Waals surface area contributed by atoms with Gasteiger partial charge in [0.2, 0.25) is 5.91 Å². The number of esters is 1. The number of hydrogen-bond acceptors (Lipinski definition) is 3. The number of hydrogen-bond donors (Lipinski definition) is 0. The largest absolute Gasteiger partial charge is 0.467 e. The molecule has 114 valence electrons. The number of carbonyl (C=O) groups is 2. The van der Waals surface area contributed by atoms with Gasteiger partial charge in [0.25, 0.3) is 0 Å². The molecular weight excluding hydrogens is 313 g/mol. The van der Waals surface area contributed by atoms with Crippen molar-refractivity contribution in [2.75, 3.05) is 13.7 Å². The lowest BCUT2D eigenvalue weighted by atomic mass is 10.0. The van der Waals surface area contributed by atoms with Gasteiger partial charge in [0.05, 0.1) is 13.5 Å². The molecule has 1 aromatic carbocycles. The fourth-order valence-electron chi connectivity index (χ4n) is 2.54. The molecule has 1 aliphatic rings. The van der Waals surface area contributed by atoms with E-state index in [4.69, 9.17) is 27.9 Å². The molecular formula is C15H17Cl2NO3. The lowest BCUT2D eigenvalue weighted by molar-refractivity contribution is -0.154. The Morgan fingerprint density at radius 1 is 1.33 bits per heavy atom. The van der Waals surface area contributed by atoms with E-state index in [0.717, 1.165) is 12.8 Å². The first-order valence-electron chi connectivity index (χ1n) is 6.84. The van der Waals surface area contributed by atoms with Gasteiger partial charge in [-0.2, -0.15) is 0 Å². The van der Waals surface area contributed by atoms with Crippen molar-refractivity contribution in [1.29, 1.82) is 0 Å². The van der Waals surface area contributed by atoms with Gasteiger partial charge < -0.3 is 9.64 Å². The molecule has 1 heterocycles. The third kappa shape index (κ3) is 3.89. The normalized spacial score (nSPS) is 18.4. The van der Waals surface area contributed by atoms with Crippen molar-refractivity contribution >= 4 is 35.1 Å². The highest BCUT2D eigenvalue weighted by atomic mass is 35.5. The third-order valence-corrected chi connectivity index (χ3v) is 4.24. The Morgan fingerprint density at radius 3 is 2.76 bits per heavy atom. The van der Waals surface area contributed by atoms with Gasteiger partial charge in [-0.05, 0) is 37.0 Å². The van der Waals surface area contributed by atoms with Gasteiger partial charge in [-0.25, -0.2) is 4.79 Å². The van der Waals surface area contributed by atoms with E-state index in [1.54, 1.807) is 23.1 Å². The Bertz CT molecular complexity index is 548. The van der Waals surface area contributed by atoms with Crippen LogP contribution in [0.4, 0.5) is 0 Å². The van der Waals surface area contributed by atoms with Crippen LogP contribution in [0.15, 0.2) is 18.2 Å². The molecule has 0 N–H and O–H groups in total. The molecule has 1 amide bonds. The summed E-state index contributed by atoms with van der Waals surface area (Å²) in [5.74, 6) is -0.473. The van der Waals surface area contributed by atoms with Gasteiger partial charge in [-0.15, -0.1) is 0 Å². The molecule has 0 spiro atoms. The number of benzene rings is 1. The molecule has 0 aliphatic carbocycles. The van der Waals surface area contributed by atoms with Crippen molar-refractivity contribution < 1.29 is 14.3 Å². The standard InChI is InChI=1S/C15H17Cl2NO3/c1-21-15(20)13-4-2-3-7-18(13)14(19)8-10-5-6-11(16)9-12(10)17/h5-6,9,13H,2-4,7-8H2,1H3. The quantitative estimate of drug-likeness (QED) is 0.800. The number of halogens is 2. The van der Waals surface area contributed by atoms with Crippen molar-refractivity contribution in [2.24, 2.45) is 0 Å². The average molecular weight is 330 g/mol. The van der Waals surface area contributed by atoms with E-state index in [0.29, 0.717) is 28.6 Å². The van der Waals surface area contributed by atoms with E-state index in [9.17, 15) is 9.59 Å². The Labute approximate surface area is 134 Å². The van der Waals surface area contributed by atoms with Gasteiger partial charge in [0.15, 0.2) is 0 Å². The Morgan fingerprint density at radius 2 is 2.10 bits per heavy atom. The molecule has 6 heteroatoms. The zero-order chi connectivity index (χ0) is 15.4. The highest BCUT2D eigenvalue weighted by Crippen LogP contribution is 2.24. The average Bonchev–Trinajstić information content (AvgIpc) is 2.49. The highest BCUT2D eigenvalue weighted by molar-refractivity contribution is 6.35. The Balaban J connectivity index is 2.12. The molecule has 1 aliphatic heterocycles. The molecule has 21 heavy (non-hydrogen) atoms. The van der Waals surface area contributed by atoms with Gasteiger partial charge in [-0.1, -0.05) is 29.3 Å². The lowest BCUT2D eigenvalue weighted by Gasteiger charge is -2.33. The molecule has 1 atom stereocenters. The molecule has 0 saturated carbocycles. The van der Waals surface area contributed by atoms with Crippen LogP contribution in [0.3, 0.4) is 0 Å². The number of methoxy groups -OCH3 is 1. The third-order valence-electron chi connectivity index (χ3n) is 3.65. The van der Waals surface area contributed by atoms with Crippen LogP contribution in [0.25, 0.3) is 0 Å². The van der Waals surface area contributed by atoms with Crippen LogP contribution in [0.2, 0.25) is 10.0 Å². The van der Waals surface area contributed by atoms with Gasteiger partial charge in [0.1, 0.15) is 6.04 Å². The van der Waals surface area contributed by atoms with Crippen molar-refractivity contribution in [1.82, 2.24) is 4.90 Å². The predicted molar refractivity (Wildman–Crippen MR) is 81.5 cm³/mol. The molecule has 2 rings (SSSR count). The topological polar surface area (TPSA) is 46.6 Å². The zero-order valence-electron chi connectivity index (χ0n) is 11.8. The van der Waals surface area contributed by atoms with Crippen LogP contribution < -0.4 is 0 Å². The number of carbonyl (C=O) groups excluding carboxylic acids is 2. The molecule has 0 bridgehead atoms. The van der Waals surface area contributed by atoms with Gasteiger partial charge >= 0.3 is 5.97 Å². The first-order chi connectivity index (χ1) is 10.0. The minimum absolute atomic E-state index is 0.116. The summed E-state index contributed by atoms with van der Waals surface area (Å²) >= 11 is 11.9. The molecule has 1 saturated heterocycles. The van der Waals surface area contributed by atoms with E-state index in [-0.39, 0.29) is 18.3 Å². The molecule has 1 unspecified atom stereocenters. The van der Waals surface area contributed by atoms with E-state index >= 15 is 0 Å². The first kappa shape index (κ1) is 16.1. The van der Waals surface area contributed by atoms with Crippen molar-refractivity contribution in [3.05, 3.63) is 33.8 Å². The van der Waals surface area contributed by atoms with Crippen LogP contribution >= 0.6 is 23.2 Å². The summed E-state index contributed by atoms with van der Waals surface area (Å²) in [5.41, 5.74) is 0.709. The molecule has 1 fully saturated rings. The maximum absolute atomic E-state index is 12.5. The summed E-state index contributed by atoms with van der Waals surface area (Å²) in [6.45, 7) is 0.573. The maximum atomic E-state index is 12.5. The fraction of sp³-hybridized carbons (Fsp3) is 0.467. The highest BCUT2D eigenvalue weighted by Gasteiger charge is 2.32. The fourth-order valence-corrected chi connectivity index (χ4v) is 3.02. The smallest absolute Gasteiger partial charge is 0.328 e. The van der Waals surface area contributed by atoms with E-state index in [1.807, 2.05) is 0 Å². The SMILES string of the molecule is COC(=O)C1CCCCN1C(=O)Cc1ccc(Cl)cc1Cl. The summed E-state index contributed by atoms with van der Waals surface area (Å²) in [4.78, 5) is 25.8. The molecule has 1 aromatic rings. The number of ether oxygens (including phenoxy) is 1. The van der Waals surface area contributed by atoms with E-state index < -0.39 is 6.04 Å². The second kappa shape index (κ2) is 7.14. The molecule has 4 nitrogen and oxygen atoms in total. The summed E-state index contributed by atoms with van der Waals surface area (Å²) in [6, 6.07) is 4.56. The number of nitrogens with zero attached hydrogens (tertiary/aromatic N) is 1. The molecule has 0 radical (unpaired) electrons. The predicted octanol–water partition coefficient (Wildman–Crippen LogP) is 3.09. The number of amides is 1. The monoisotopic (exact) mass is 329 g/mol. The summed E-state index contributed by atoms with van der Waals surface area (Å²) in [7, 11) is 1.34. The number of piperidine rings is 1. The van der Waals surface area contributed by atoms with Crippen LogP contribution in [0.5, 0.6) is 0 Å². The van der Waals surface area contributed by atoms with Gasteiger partial charge in [-0.3, -0.25) is 4.79 Å². The van der Waals surface area contributed by atoms with Crippen molar-refractivity contribution in [2.45, 2.75) is 31.7 Å². The Kier molecular flexibility index (Phi) is 5.48. The second-order valence-electron chi connectivity index (χ2n) is 5.03. The van der Waals surface area contributed by atoms with Gasteiger partial charge in [0, 0.05) is 16.6 Å². The van der Waals surface area contributed by atoms with Crippen LogP contribution in [-0.4, -0.2) is 36.5 Å². The number of likely N-dealkylation sites (tertiary alicyclic amines) is 1. The van der Waals surface area contributed by atoms with E-state index in [2.05, 4.69) is 0 Å². The van der Waals surface area contributed by atoms with Crippen LogP contribution in [0.1, 0.15) is 24.8 Å². The maximum Gasteiger partial charge on any atom is 0.328 e. The lowest BCUT2D eigenvalue weighted by Crippen LogP contribution is -2.49. The summed E-state index contributed by atoms with van der Waals surface area (Å²) < 4.78 is 4.78. The van der Waals surface area contributed by atoms with Crippen molar-refractivity contribution in [3.63, 3.8) is 0 Å². The molecule has 0 aromatic heterocycles. The van der Waals surface area contributed by atoms with Crippen LogP contribution in [-0.2, 0) is 20.7 Å². The van der Waals surface area contributed by atoms with Crippen molar-refractivity contribution in [3.8, 4) is 0 Å². The minimum Gasteiger partial charge on any atom is -0.467 e. The zero-order valence-corrected chi connectivity index (χ0v) is 13.3. The summed E-state index contributed by atoms with van der Waals surface area (Å²) in [6.07, 6.45) is 2.62. The summed E-state index contributed by atoms with van der Waals surface area (Å²) in [5, 5.41) is 0.990. The number of rotatable bonds is 3. The minimum atomic E-state index is -0.484. The second-order valence-corrected chi connectivity index (χ2v) is 5.88. The Hall–Kier alpha value is -1.26. The van der Waals surface area contributed by atoms with Crippen LogP contribution in [0, 0.1) is 0 Å². The van der Waals surface area contributed by atoms with E-state index in [1.165, 1.54) is 7.11 Å². The first-order valence-corrected chi connectivity index (χ1v) is 7.59.